The Morgan fingerprint density at radius 2 is 2.19 bits per heavy atom. The summed E-state index contributed by atoms with van der Waals surface area (Å²) in [7, 11) is 0. The molecule has 1 N–H and O–H groups in total. The van der Waals surface area contributed by atoms with E-state index in [1.807, 2.05) is 6.07 Å². The predicted octanol–water partition coefficient (Wildman–Crippen LogP) is 4.46. The summed E-state index contributed by atoms with van der Waals surface area (Å²) in [4.78, 5) is 12.2. The normalized spacial score (nSPS) is 17.1. The van der Waals surface area contributed by atoms with Crippen molar-refractivity contribution in [2.24, 2.45) is 0 Å². The molecule has 1 aliphatic heterocycles. The summed E-state index contributed by atoms with van der Waals surface area (Å²) < 4.78 is 11.1. The van der Waals surface area contributed by atoms with Gasteiger partial charge in [0.1, 0.15) is 23.2 Å². The zero-order valence-corrected chi connectivity index (χ0v) is 15.3. The van der Waals surface area contributed by atoms with Crippen LogP contribution in [-0.2, 0) is 9.53 Å². The Morgan fingerprint density at radius 3 is 2.88 bits per heavy atom. The molecule has 1 atom stereocenters. The molecule has 1 fully saturated rings. The van der Waals surface area contributed by atoms with Gasteiger partial charge in [-0.25, -0.2) is 0 Å². The van der Waals surface area contributed by atoms with Gasteiger partial charge in [0, 0.05) is 29.8 Å². The van der Waals surface area contributed by atoms with Crippen LogP contribution in [0.5, 0.6) is 0 Å². The molecule has 0 unspecified atom stereocenters. The number of carbonyl (C=O) groups is 1. The van der Waals surface area contributed by atoms with E-state index in [1.54, 1.807) is 30.3 Å². The van der Waals surface area contributed by atoms with Gasteiger partial charge in [0.15, 0.2) is 0 Å². The molecule has 134 valence electrons. The predicted molar refractivity (Wildman–Crippen MR) is 99.7 cm³/mol. The van der Waals surface area contributed by atoms with Crippen LogP contribution in [0.3, 0.4) is 0 Å². The quantitative estimate of drug-likeness (QED) is 0.603. The molecular weight excluding hydrogens is 375 g/mol. The van der Waals surface area contributed by atoms with Gasteiger partial charge in [-0.2, -0.15) is 5.26 Å². The Hall–Kier alpha value is -2.26. The fraction of sp³-hybridized carbons (Fsp3) is 0.263. The second-order valence-corrected chi connectivity index (χ2v) is 6.68. The van der Waals surface area contributed by atoms with E-state index in [0.717, 1.165) is 12.8 Å². The Balaban J connectivity index is 1.72. The Bertz CT molecular complexity index is 877. The number of carbonyl (C=O) groups excluding carboxylic acids is 1. The van der Waals surface area contributed by atoms with Crippen molar-refractivity contribution >= 4 is 35.2 Å². The van der Waals surface area contributed by atoms with Crippen molar-refractivity contribution in [2.45, 2.75) is 18.9 Å². The first kappa shape index (κ1) is 18.5. The van der Waals surface area contributed by atoms with Crippen LogP contribution in [0, 0.1) is 11.3 Å². The Labute approximate surface area is 161 Å². The van der Waals surface area contributed by atoms with Gasteiger partial charge in [-0.1, -0.05) is 23.2 Å². The van der Waals surface area contributed by atoms with E-state index in [0.29, 0.717) is 40.3 Å². The van der Waals surface area contributed by atoms with Crippen molar-refractivity contribution in [2.75, 3.05) is 13.2 Å². The van der Waals surface area contributed by atoms with E-state index in [2.05, 4.69) is 5.32 Å². The van der Waals surface area contributed by atoms with Crippen molar-refractivity contribution in [3.63, 3.8) is 0 Å². The van der Waals surface area contributed by atoms with E-state index >= 15 is 0 Å². The molecule has 1 saturated heterocycles. The first-order chi connectivity index (χ1) is 12.6. The molecule has 2 aromatic rings. The highest BCUT2D eigenvalue weighted by atomic mass is 35.5. The molecule has 7 heteroatoms. The topological polar surface area (TPSA) is 75.3 Å². The van der Waals surface area contributed by atoms with Crippen LogP contribution >= 0.6 is 23.2 Å². The highest BCUT2D eigenvalue weighted by molar-refractivity contribution is 6.36. The molecule has 0 radical (unpaired) electrons. The van der Waals surface area contributed by atoms with Gasteiger partial charge < -0.3 is 14.5 Å². The van der Waals surface area contributed by atoms with E-state index in [1.165, 1.54) is 6.08 Å². The Kier molecular flexibility index (Phi) is 6.00. The lowest BCUT2D eigenvalue weighted by Gasteiger charge is -2.09. The highest BCUT2D eigenvalue weighted by Crippen LogP contribution is 2.31. The average Bonchev–Trinajstić information content (AvgIpc) is 3.29. The molecule has 1 aromatic carbocycles. The molecule has 1 aromatic heterocycles. The lowest BCUT2D eigenvalue weighted by Crippen LogP contribution is -2.32. The van der Waals surface area contributed by atoms with Crippen LogP contribution in [0.25, 0.3) is 17.4 Å². The maximum Gasteiger partial charge on any atom is 0.262 e. The average molecular weight is 391 g/mol. The van der Waals surface area contributed by atoms with Crippen LogP contribution in [0.1, 0.15) is 18.6 Å². The first-order valence-corrected chi connectivity index (χ1v) is 8.89. The van der Waals surface area contributed by atoms with Crippen LogP contribution in [0.15, 0.2) is 40.3 Å². The van der Waals surface area contributed by atoms with Crippen molar-refractivity contribution in [1.82, 2.24) is 5.32 Å². The molecule has 5 nitrogen and oxygen atoms in total. The second-order valence-electron chi connectivity index (χ2n) is 5.84. The van der Waals surface area contributed by atoms with Gasteiger partial charge in [0.05, 0.1) is 11.1 Å². The van der Waals surface area contributed by atoms with E-state index < -0.39 is 5.91 Å². The maximum atomic E-state index is 12.2. The number of hydrogen-bond donors (Lipinski definition) is 1. The van der Waals surface area contributed by atoms with Crippen LogP contribution < -0.4 is 5.32 Å². The highest BCUT2D eigenvalue weighted by Gasteiger charge is 2.18. The summed E-state index contributed by atoms with van der Waals surface area (Å²) in [6, 6.07) is 10.4. The number of ether oxygens (including phenoxy) is 1. The van der Waals surface area contributed by atoms with E-state index in [4.69, 9.17) is 32.4 Å². The minimum absolute atomic E-state index is 0.0150. The maximum absolute atomic E-state index is 12.2. The molecule has 0 bridgehead atoms. The fourth-order valence-corrected chi connectivity index (χ4v) is 3.16. The summed E-state index contributed by atoms with van der Waals surface area (Å²) >= 11 is 12.1. The third-order valence-electron chi connectivity index (χ3n) is 3.99. The number of amides is 1. The molecular formula is C19H16Cl2N2O3. The molecule has 0 saturated carbocycles. The summed E-state index contributed by atoms with van der Waals surface area (Å²) in [5.74, 6) is 0.454. The number of nitrogens with one attached hydrogen (secondary N) is 1. The minimum Gasteiger partial charge on any atom is -0.457 e. The zero-order valence-electron chi connectivity index (χ0n) is 13.8. The number of benzene rings is 1. The number of furan rings is 1. The van der Waals surface area contributed by atoms with E-state index in [9.17, 15) is 10.1 Å². The largest absolute Gasteiger partial charge is 0.457 e. The molecule has 1 amide bonds. The van der Waals surface area contributed by atoms with Crippen molar-refractivity contribution in [1.29, 1.82) is 5.26 Å². The summed E-state index contributed by atoms with van der Waals surface area (Å²) in [6.45, 7) is 1.10. The van der Waals surface area contributed by atoms with Gasteiger partial charge in [0.2, 0.25) is 0 Å². The van der Waals surface area contributed by atoms with Gasteiger partial charge in [-0.05, 0) is 43.2 Å². The van der Waals surface area contributed by atoms with Crippen molar-refractivity contribution < 1.29 is 13.9 Å². The number of hydrogen-bond acceptors (Lipinski definition) is 4. The lowest BCUT2D eigenvalue weighted by molar-refractivity contribution is -0.117. The van der Waals surface area contributed by atoms with E-state index in [-0.39, 0.29) is 11.7 Å². The van der Waals surface area contributed by atoms with Gasteiger partial charge >= 0.3 is 0 Å². The minimum atomic E-state index is -0.453. The van der Waals surface area contributed by atoms with Crippen LogP contribution in [-0.4, -0.2) is 25.2 Å². The van der Waals surface area contributed by atoms with Gasteiger partial charge in [0.25, 0.3) is 5.91 Å². The zero-order chi connectivity index (χ0) is 18.5. The van der Waals surface area contributed by atoms with Crippen molar-refractivity contribution in [3.05, 3.63) is 51.7 Å². The number of rotatable bonds is 5. The van der Waals surface area contributed by atoms with Crippen molar-refractivity contribution in [3.8, 4) is 17.4 Å². The summed E-state index contributed by atoms with van der Waals surface area (Å²) in [6.07, 6.45) is 3.32. The van der Waals surface area contributed by atoms with Crippen LogP contribution in [0.4, 0.5) is 0 Å². The second kappa shape index (κ2) is 8.41. The molecule has 0 spiro atoms. The molecule has 26 heavy (non-hydrogen) atoms. The molecule has 3 rings (SSSR count). The number of halogens is 2. The smallest absolute Gasteiger partial charge is 0.262 e. The van der Waals surface area contributed by atoms with Crippen LogP contribution in [0.2, 0.25) is 10.0 Å². The lowest BCUT2D eigenvalue weighted by atomic mass is 10.2. The number of nitriles is 1. The fourth-order valence-electron chi connectivity index (χ4n) is 2.66. The molecule has 2 heterocycles. The standard InChI is InChI=1S/C19H16Cl2N2O3/c20-13-3-5-16(17(21)9-13)18-6-4-14(26-18)8-12(10-22)19(24)23-11-15-2-1-7-25-15/h3-6,8-9,15H,1-2,7,11H2,(H,23,24)/b12-8+/t15-/m0/s1. The first-order valence-electron chi connectivity index (χ1n) is 8.13. The van der Waals surface area contributed by atoms with Gasteiger partial charge in [-0.3, -0.25) is 4.79 Å². The summed E-state index contributed by atoms with van der Waals surface area (Å²) in [5, 5.41) is 13.0. The molecule has 1 aliphatic rings. The molecule has 0 aliphatic carbocycles. The SMILES string of the molecule is N#C/C(=C\c1ccc(-c2ccc(Cl)cc2Cl)o1)C(=O)NC[C@@H]1CCCO1. The monoisotopic (exact) mass is 390 g/mol. The Morgan fingerprint density at radius 1 is 1.35 bits per heavy atom. The summed E-state index contributed by atoms with van der Waals surface area (Å²) in [5.41, 5.74) is 0.642. The number of nitrogens with zero attached hydrogens (tertiary/aromatic N) is 1. The third kappa shape index (κ3) is 4.47. The third-order valence-corrected chi connectivity index (χ3v) is 4.54. The van der Waals surface area contributed by atoms with Gasteiger partial charge in [-0.15, -0.1) is 0 Å².